The number of benzene rings is 2. The van der Waals surface area contributed by atoms with Crippen LogP contribution in [0.15, 0.2) is 53.4 Å². The largest absolute Gasteiger partial charge is 0.454 e. The Morgan fingerprint density at radius 1 is 1.15 bits per heavy atom. The van der Waals surface area contributed by atoms with Crippen LogP contribution in [0.2, 0.25) is 0 Å². The molecule has 7 nitrogen and oxygen atoms in total. The van der Waals surface area contributed by atoms with Crippen LogP contribution in [0.25, 0.3) is 11.0 Å². The van der Waals surface area contributed by atoms with E-state index in [2.05, 4.69) is 4.98 Å². The van der Waals surface area contributed by atoms with Crippen molar-refractivity contribution in [2.75, 3.05) is 0 Å². The zero-order valence-corrected chi connectivity index (χ0v) is 14.0. The monoisotopic (exact) mass is 381 g/mol. The molecule has 1 aromatic heterocycles. The van der Waals surface area contributed by atoms with Gasteiger partial charge in [-0.1, -0.05) is 12.1 Å². The van der Waals surface area contributed by atoms with E-state index in [9.17, 15) is 22.0 Å². The number of para-hydroxylation sites is 2. The molecule has 0 aliphatic rings. The molecule has 0 radical (unpaired) electrons. The number of nitrogens with zero attached hydrogens (tertiary/aromatic N) is 2. The normalized spacial score (nSPS) is 11.8. The van der Waals surface area contributed by atoms with Crippen molar-refractivity contribution >= 4 is 27.0 Å². The number of nitrogens with two attached hydrogens (primary N) is 1. The summed E-state index contributed by atoms with van der Waals surface area (Å²) in [6, 6.07) is 11.1. The van der Waals surface area contributed by atoms with Crippen molar-refractivity contribution in [1.29, 1.82) is 0 Å². The third-order valence-electron chi connectivity index (χ3n) is 3.61. The number of esters is 1. The Morgan fingerprint density at radius 2 is 1.81 bits per heavy atom. The lowest BCUT2D eigenvalue weighted by Crippen LogP contribution is -2.13. The van der Waals surface area contributed by atoms with Crippen LogP contribution in [0.1, 0.15) is 22.7 Å². The SMILES string of the molecule is NS(=O)(=O)c1ccc(C(=O)OCc2nc3ccccc3n2C(F)F)cc1. The van der Waals surface area contributed by atoms with Crippen LogP contribution >= 0.6 is 0 Å². The average molecular weight is 381 g/mol. The second-order valence-electron chi connectivity index (χ2n) is 5.31. The first-order chi connectivity index (χ1) is 12.3. The summed E-state index contributed by atoms with van der Waals surface area (Å²) >= 11 is 0. The molecule has 2 N–H and O–H groups in total. The Morgan fingerprint density at radius 3 is 2.42 bits per heavy atom. The molecule has 136 valence electrons. The van der Waals surface area contributed by atoms with Gasteiger partial charge >= 0.3 is 12.5 Å². The third-order valence-corrected chi connectivity index (χ3v) is 4.54. The van der Waals surface area contributed by atoms with E-state index in [4.69, 9.17) is 9.88 Å². The van der Waals surface area contributed by atoms with Gasteiger partial charge in [0.25, 0.3) is 0 Å². The van der Waals surface area contributed by atoms with Gasteiger partial charge in [-0.25, -0.2) is 23.3 Å². The molecule has 3 rings (SSSR count). The number of sulfonamides is 1. The fourth-order valence-electron chi connectivity index (χ4n) is 2.41. The van der Waals surface area contributed by atoms with Crippen LogP contribution < -0.4 is 5.14 Å². The van der Waals surface area contributed by atoms with Gasteiger partial charge in [0.2, 0.25) is 10.0 Å². The van der Waals surface area contributed by atoms with Crippen molar-refractivity contribution in [3.63, 3.8) is 0 Å². The number of alkyl halides is 2. The summed E-state index contributed by atoms with van der Waals surface area (Å²) < 4.78 is 54.7. The predicted octanol–water partition coefficient (Wildman–Crippen LogP) is 2.44. The summed E-state index contributed by atoms with van der Waals surface area (Å²) in [5.74, 6) is -0.908. The van der Waals surface area contributed by atoms with Crippen LogP contribution in [-0.2, 0) is 21.4 Å². The highest BCUT2D eigenvalue weighted by molar-refractivity contribution is 7.89. The molecule has 0 atom stereocenters. The van der Waals surface area contributed by atoms with Gasteiger partial charge in [0.1, 0.15) is 6.61 Å². The van der Waals surface area contributed by atoms with Gasteiger partial charge in [-0.2, -0.15) is 8.78 Å². The first kappa shape index (κ1) is 18.0. The number of halogens is 2. The van der Waals surface area contributed by atoms with E-state index in [1.807, 2.05) is 0 Å². The van der Waals surface area contributed by atoms with E-state index in [-0.39, 0.29) is 21.8 Å². The summed E-state index contributed by atoms with van der Waals surface area (Å²) in [5, 5.41) is 4.97. The fraction of sp³-hybridized carbons (Fsp3) is 0.125. The quantitative estimate of drug-likeness (QED) is 0.684. The van der Waals surface area contributed by atoms with Gasteiger partial charge in [-0.3, -0.25) is 4.57 Å². The van der Waals surface area contributed by atoms with Gasteiger partial charge in [0.15, 0.2) is 5.82 Å². The maximum atomic E-state index is 13.3. The first-order valence-electron chi connectivity index (χ1n) is 7.31. The number of imidazole rings is 1. The molecule has 0 fully saturated rings. The number of ether oxygens (including phenoxy) is 1. The highest BCUT2D eigenvalue weighted by Gasteiger charge is 2.19. The molecule has 10 heteroatoms. The van der Waals surface area contributed by atoms with Crippen molar-refractivity contribution in [3.8, 4) is 0 Å². The topological polar surface area (TPSA) is 104 Å². The van der Waals surface area contributed by atoms with Crippen molar-refractivity contribution < 1.29 is 26.7 Å². The Balaban J connectivity index is 1.80. The summed E-state index contributed by atoms with van der Waals surface area (Å²) in [4.78, 5) is 15.9. The molecule has 2 aromatic carbocycles. The highest BCUT2D eigenvalue weighted by atomic mass is 32.2. The molecule has 0 unspecified atom stereocenters. The van der Waals surface area contributed by atoms with Crippen LogP contribution in [0.3, 0.4) is 0 Å². The molecule has 1 heterocycles. The molecule has 26 heavy (non-hydrogen) atoms. The van der Waals surface area contributed by atoms with Crippen LogP contribution in [0, 0.1) is 0 Å². The second kappa shape index (κ2) is 6.81. The maximum Gasteiger partial charge on any atom is 0.338 e. The highest BCUT2D eigenvalue weighted by Crippen LogP contribution is 2.23. The molecule has 0 aliphatic carbocycles. The van der Waals surface area contributed by atoms with Crippen LogP contribution in [-0.4, -0.2) is 23.9 Å². The number of primary sulfonamides is 1. The lowest BCUT2D eigenvalue weighted by Gasteiger charge is -2.08. The van der Waals surface area contributed by atoms with E-state index in [0.29, 0.717) is 10.1 Å². The molecule has 3 aromatic rings. The van der Waals surface area contributed by atoms with Crippen molar-refractivity contribution in [3.05, 3.63) is 59.9 Å². The van der Waals surface area contributed by atoms with Gasteiger partial charge in [0, 0.05) is 0 Å². The van der Waals surface area contributed by atoms with Gasteiger partial charge < -0.3 is 4.74 Å². The number of carbonyl (C=O) groups is 1. The molecule has 0 amide bonds. The van der Waals surface area contributed by atoms with Gasteiger partial charge in [0.05, 0.1) is 21.5 Å². The lowest BCUT2D eigenvalue weighted by molar-refractivity contribution is 0.0387. The number of hydrogen-bond donors (Lipinski definition) is 1. The van der Waals surface area contributed by atoms with Crippen molar-refractivity contribution in [2.45, 2.75) is 18.1 Å². The zero-order valence-electron chi connectivity index (χ0n) is 13.2. The molecule has 0 saturated heterocycles. The van der Waals surface area contributed by atoms with E-state index < -0.39 is 29.1 Å². The smallest absolute Gasteiger partial charge is 0.338 e. The van der Waals surface area contributed by atoms with Crippen LogP contribution in [0.4, 0.5) is 8.78 Å². The minimum absolute atomic E-state index is 0.0529. The summed E-state index contributed by atoms with van der Waals surface area (Å²) in [6.45, 7) is -3.31. The van der Waals surface area contributed by atoms with E-state index in [1.165, 1.54) is 18.2 Å². The average Bonchev–Trinajstić information content (AvgIpc) is 2.97. The summed E-state index contributed by atoms with van der Waals surface area (Å²) in [7, 11) is -3.88. The number of carbonyl (C=O) groups excluding carboxylic acids is 1. The number of fused-ring (bicyclic) bond motifs is 1. The van der Waals surface area contributed by atoms with E-state index in [1.54, 1.807) is 18.2 Å². The molecular weight excluding hydrogens is 368 g/mol. The van der Waals surface area contributed by atoms with Gasteiger partial charge in [-0.05, 0) is 36.4 Å². The van der Waals surface area contributed by atoms with Gasteiger partial charge in [-0.15, -0.1) is 0 Å². The molecule has 0 saturated carbocycles. The zero-order chi connectivity index (χ0) is 18.9. The molecule has 0 aliphatic heterocycles. The Hall–Kier alpha value is -2.85. The number of rotatable bonds is 5. The summed E-state index contributed by atoms with van der Waals surface area (Å²) in [5.41, 5.74) is 0.638. The molecular formula is C16H13F2N3O4S. The molecule has 0 spiro atoms. The van der Waals surface area contributed by atoms with E-state index in [0.717, 1.165) is 12.1 Å². The first-order valence-corrected chi connectivity index (χ1v) is 8.86. The number of aromatic nitrogens is 2. The lowest BCUT2D eigenvalue weighted by atomic mass is 10.2. The Labute approximate surface area is 147 Å². The minimum Gasteiger partial charge on any atom is -0.454 e. The standard InChI is InChI=1S/C16H13F2N3O4S/c17-16(18)21-13-4-2-1-3-12(13)20-14(21)9-25-15(22)10-5-7-11(8-6-10)26(19,23)24/h1-8,16H,9H2,(H2,19,23,24). The minimum atomic E-state index is -3.88. The predicted molar refractivity (Wildman–Crippen MR) is 87.9 cm³/mol. The van der Waals surface area contributed by atoms with E-state index >= 15 is 0 Å². The second-order valence-corrected chi connectivity index (χ2v) is 6.87. The van der Waals surface area contributed by atoms with Crippen molar-refractivity contribution in [2.24, 2.45) is 5.14 Å². The third kappa shape index (κ3) is 3.55. The Bertz CT molecular complexity index is 1060. The molecule has 0 bridgehead atoms. The van der Waals surface area contributed by atoms with Crippen LogP contribution in [0.5, 0.6) is 0 Å². The number of hydrogen-bond acceptors (Lipinski definition) is 5. The van der Waals surface area contributed by atoms with Crippen molar-refractivity contribution in [1.82, 2.24) is 9.55 Å². The Kier molecular flexibility index (Phi) is 4.70. The maximum absolute atomic E-state index is 13.3. The fourth-order valence-corrected chi connectivity index (χ4v) is 2.92. The summed E-state index contributed by atoms with van der Waals surface area (Å²) in [6.07, 6.45) is 0.